The zero-order valence-electron chi connectivity index (χ0n) is 10.6. The van der Waals surface area contributed by atoms with Crippen molar-refractivity contribution in [3.8, 4) is 5.69 Å². The zero-order chi connectivity index (χ0) is 14.7. The predicted molar refractivity (Wildman–Crippen MR) is 63.2 cm³/mol. The second-order valence-corrected chi connectivity index (χ2v) is 4.13. The molecule has 0 amide bonds. The van der Waals surface area contributed by atoms with E-state index in [4.69, 9.17) is 0 Å². The molecule has 2 rings (SSSR count). The molecule has 0 radical (unpaired) electrons. The summed E-state index contributed by atoms with van der Waals surface area (Å²) in [7, 11) is 0. The fourth-order valence-electron chi connectivity index (χ4n) is 1.70. The number of halogens is 4. The molecule has 0 unspecified atom stereocenters. The molecule has 4 nitrogen and oxygen atoms in total. The molecule has 108 valence electrons. The SMILES string of the molecule is CCCNCc1cnnn1-c1c(F)c(F)cc(F)c1F. The molecule has 2 aromatic rings. The Kier molecular flexibility index (Phi) is 4.33. The van der Waals surface area contributed by atoms with Gasteiger partial charge < -0.3 is 5.32 Å². The van der Waals surface area contributed by atoms with Crippen LogP contribution in [0.1, 0.15) is 19.0 Å². The second-order valence-electron chi connectivity index (χ2n) is 4.13. The third-order valence-corrected chi connectivity index (χ3v) is 2.65. The third kappa shape index (κ3) is 2.64. The molecule has 0 bridgehead atoms. The summed E-state index contributed by atoms with van der Waals surface area (Å²) in [5, 5.41) is 9.98. The van der Waals surface area contributed by atoms with Gasteiger partial charge >= 0.3 is 0 Å². The van der Waals surface area contributed by atoms with Gasteiger partial charge in [-0.15, -0.1) is 5.10 Å². The highest BCUT2D eigenvalue weighted by Gasteiger charge is 2.23. The number of nitrogens with one attached hydrogen (secondary N) is 1. The fraction of sp³-hybridized carbons (Fsp3) is 0.333. The Morgan fingerprint density at radius 3 is 2.40 bits per heavy atom. The molecule has 0 aliphatic rings. The van der Waals surface area contributed by atoms with Crippen LogP contribution in [-0.2, 0) is 6.54 Å². The van der Waals surface area contributed by atoms with Crippen LogP contribution in [0.3, 0.4) is 0 Å². The maximum absolute atomic E-state index is 13.7. The number of nitrogens with zero attached hydrogens (tertiary/aromatic N) is 3. The summed E-state index contributed by atoms with van der Waals surface area (Å²) in [6.45, 7) is 2.84. The summed E-state index contributed by atoms with van der Waals surface area (Å²) in [4.78, 5) is 0. The topological polar surface area (TPSA) is 42.7 Å². The summed E-state index contributed by atoms with van der Waals surface area (Å²) < 4.78 is 54.5. The Morgan fingerprint density at radius 1 is 1.15 bits per heavy atom. The second kappa shape index (κ2) is 6.00. The van der Waals surface area contributed by atoms with Crippen LogP contribution in [0.5, 0.6) is 0 Å². The first-order valence-corrected chi connectivity index (χ1v) is 6.00. The lowest BCUT2D eigenvalue weighted by molar-refractivity contribution is 0.441. The number of rotatable bonds is 5. The molecule has 0 aliphatic carbocycles. The van der Waals surface area contributed by atoms with E-state index in [1.807, 2.05) is 6.92 Å². The van der Waals surface area contributed by atoms with Gasteiger partial charge in [0.15, 0.2) is 23.3 Å². The monoisotopic (exact) mass is 288 g/mol. The van der Waals surface area contributed by atoms with Crippen LogP contribution in [0.4, 0.5) is 17.6 Å². The molecule has 0 saturated heterocycles. The lowest BCUT2D eigenvalue weighted by atomic mass is 10.2. The smallest absolute Gasteiger partial charge is 0.187 e. The highest BCUT2D eigenvalue weighted by atomic mass is 19.2. The number of aromatic nitrogens is 3. The molecule has 20 heavy (non-hydrogen) atoms. The van der Waals surface area contributed by atoms with Crippen LogP contribution < -0.4 is 5.32 Å². The largest absolute Gasteiger partial charge is 0.311 e. The van der Waals surface area contributed by atoms with E-state index in [0.717, 1.165) is 11.1 Å². The highest BCUT2D eigenvalue weighted by molar-refractivity contribution is 5.37. The summed E-state index contributed by atoms with van der Waals surface area (Å²) >= 11 is 0. The van der Waals surface area contributed by atoms with Gasteiger partial charge in [-0.05, 0) is 13.0 Å². The van der Waals surface area contributed by atoms with Crippen molar-refractivity contribution in [2.75, 3.05) is 6.54 Å². The van der Waals surface area contributed by atoms with Crippen molar-refractivity contribution in [2.24, 2.45) is 0 Å². The van der Waals surface area contributed by atoms with Crippen molar-refractivity contribution in [1.82, 2.24) is 20.3 Å². The van der Waals surface area contributed by atoms with Gasteiger partial charge in [-0.3, -0.25) is 0 Å². The van der Waals surface area contributed by atoms with Crippen LogP contribution in [0, 0.1) is 23.3 Å². The van der Waals surface area contributed by atoms with Crippen LogP contribution >= 0.6 is 0 Å². The number of hydrogen-bond donors (Lipinski definition) is 1. The van der Waals surface area contributed by atoms with Gasteiger partial charge in [-0.25, -0.2) is 22.2 Å². The molecule has 0 saturated carbocycles. The van der Waals surface area contributed by atoms with Crippen molar-refractivity contribution >= 4 is 0 Å². The van der Waals surface area contributed by atoms with E-state index in [2.05, 4.69) is 15.6 Å². The number of hydrogen-bond acceptors (Lipinski definition) is 3. The van der Waals surface area contributed by atoms with Gasteiger partial charge in [0, 0.05) is 12.6 Å². The minimum atomic E-state index is -1.51. The lowest BCUT2D eigenvalue weighted by Gasteiger charge is -2.10. The van der Waals surface area contributed by atoms with Gasteiger partial charge in [-0.2, -0.15) is 0 Å². The molecule has 8 heteroatoms. The Balaban J connectivity index is 2.45. The zero-order valence-corrected chi connectivity index (χ0v) is 10.6. The summed E-state index contributed by atoms with van der Waals surface area (Å²) in [5.74, 6) is -5.99. The maximum atomic E-state index is 13.7. The minimum absolute atomic E-state index is 0.153. The van der Waals surface area contributed by atoms with Crippen molar-refractivity contribution in [3.63, 3.8) is 0 Å². The molecule has 0 aliphatic heterocycles. The average molecular weight is 288 g/mol. The van der Waals surface area contributed by atoms with E-state index in [-0.39, 0.29) is 12.6 Å². The van der Waals surface area contributed by atoms with Gasteiger partial charge in [0.25, 0.3) is 0 Å². The summed E-state index contributed by atoms with van der Waals surface area (Å²) in [6, 6.07) is 0.153. The average Bonchev–Trinajstić information content (AvgIpc) is 2.86. The normalized spacial score (nSPS) is 11.1. The van der Waals surface area contributed by atoms with E-state index < -0.39 is 29.0 Å². The lowest BCUT2D eigenvalue weighted by Crippen LogP contribution is -2.18. The van der Waals surface area contributed by atoms with Gasteiger partial charge in [-0.1, -0.05) is 12.1 Å². The molecule has 1 aromatic carbocycles. The summed E-state index contributed by atoms with van der Waals surface area (Å²) in [6.07, 6.45) is 2.13. The Hall–Kier alpha value is -1.96. The first-order chi connectivity index (χ1) is 9.56. The Morgan fingerprint density at radius 2 is 1.80 bits per heavy atom. The van der Waals surface area contributed by atoms with E-state index in [1.165, 1.54) is 6.20 Å². The Bertz CT molecular complexity index is 585. The molecule has 0 spiro atoms. The van der Waals surface area contributed by atoms with E-state index in [0.29, 0.717) is 12.2 Å². The van der Waals surface area contributed by atoms with E-state index >= 15 is 0 Å². The number of benzene rings is 1. The maximum Gasteiger partial charge on any atom is 0.187 e. The van der Waals surface area contributed by atoms with Crippen molar-refractivity contribution in [2.45, 2.75) is 19.9 Å². The van der Waals surface area contributed by atoms with Crippen LogP contribution in [0.25, 0.3) is 5.69 Å². The fourth-order valence-corrected chi connectivity index (χ4v) is 1.70. The summed E-state index contributed by atoms with van der Waals surface area (Å²) in [5.41, 5.74) is -0.616. The Labute approximate surface area is 112 Å². The standard InChI is InChI=1S/C12H12F4N4/c1-2-3-17-5-7-6-18-19-20(7)12-10(15)8(13)4-9(14)11(12)16/h4,6,17H,2-3,5H2,1H3. The molecule has 1 N–H and O–H groups in total. The van der Waals surface area contributed by atoms with E-state index in [9.17, 15) is 17.6 Å². The van der Waals surface area contributed by atoms with Gasteiger partial charge in [0.2, 0.25) is 0 Å². The molecular formula is C12H12F4N4. The highest BCUT2D eigenvalue weighted by Crippen LogP contribution is 2.23. The molecule has 1 aromatic heterocycles. The third-order valence-electron chi connectivity index (χ3n) is 2.65. The van der Waals surface area contributed by atoms with Crippen molar-refractivity contribution in [1.29, 1.82) is 0 Å². The van der Waals surface area contributed by atoms with E-state index in [1.54, 1.807) is 0 Å². The van der Waals surface area contributed by atoms with Crippen molar-refractivity contribution < 1.29 is 17.6 Å². The first kappa shape index (κ1) is 14.4. The molecular weight excluding hydrogens is 276 g/mol. The van der Waals surface area contributed by atoms with Crippen LogP contribution in [0.15, 0.2) is 12.3 Å². The van der Waals surface area contributed by atoms with Crippen LogP contribution in [0.2, 0.25) is 0 Å². The molecule has 0 atom stereocenters. The molecule has 1 heterocycles. The first-order valence-electron chi connectivity index (χ1n) is 6.00. The quantitative estimate of drug-likeness (QED) is 0.521. The van der Waals surface area contributed by atoms with Gasteiger partial charge in [0.1, 0.15) is 5.69 Å². The van der Waals surface area contributed by atoms with Crippen LogP contribution in [-0.4, -0.2) is 21.5 Å². The predicted octanol–water partition coefficient (Wildman–Crippen LogP) is 2.32. The molecule has 0 fully saturated rings. The van der Waals surface area contributed by atoms with Crippen molar-refractivity contribution in [3.05, 3.63) is 41.2 Å². The minimum Gasteiger partial charge on any atom is -0.311 e. The van der Waals surface area contributed by atoms with Gasteiger partial charge in [0.05, 0.1) is 11.9 Å².